The minimum atomic E-state index is -0.643. The number of phenolic OH excluding ortho intramolecular Hbond substituents is 1. The van der Waals surface area contributed by atoms with Crippen LogP contribution in [0.15, 0.2) is 42.5 Å². The predicted molar refractivity (Wildman–Crippen MR) is 103 cm³/mol. The number of thiocarbonyl (C=S) groups is 1. The second-order valence-corrected chi connectivity index (χ2v) is 6.85. The van der Waals surface area contributed by atoms with Crippen molar-refractivity contribution in [2.45, 2.75) is 26.3 Å². The van der Waals surface area contributed by atoms with Crippen molar-refractivity contribution in [3.05, 3.63) is 53.6 Å². The lowest BCUT2D eigenvalue weighted by Gasteiger charge is -2.30. The maximum atomic E-state index is 9.53. The molecule has 1 fully saturated rings. The van der Waals surface area contributed by atoms with E-state index in [0.717, 1.165) is 16.9 Å². The zero-order valence-corrected chi connectivity index (χ0v) is 15.1. The highest BCUT2D eigenvalue weighted by atomic mass is 32.1. The molecular formula is C19H18N4OS. The first kappa shape index (κ1) is 16.9. The molecule has 0 atom stereocenters. The van der Waals surface area contributed by atoms with E-state index in [4.69, 9.17) is 22.9 Å². The van der Waals surface area contributed by atoms with Crippen molar-refractivity contribution in [2.24, 2.45) is 0 Å². The van der Waals surface area contributed by atoms with Gasteiger partial charge >= 0.3 is 0 Å². The Kier molecular flexibility index (Phi) is 3.97. The van der Waals surface area contributed by atoms with Gasteiger partial charge in [-0.05, 0) is 81.0 Å². The zero-order chi connectivity index (χ0) is 18.4. The Morgan fingerprint density at radius 3 is 2.28 bits per heavy atom. The lowest BCUT2D eigenvalue weighted by Crippen LogP contribution is -2.44. The van der Waals surface area contributed by atoms with Crippen molar-refractivity contribution in [1.29, 1.82) is 10.7 Å². The number of benzene rings is 2. The highest BCUT2D eigenvalue weighted by Crippen LogP contribution is 2.37. The van der Waals surface area contributed by atoms with Gasteiger partial charge < -0.3 is 10.0 Å². The summed E-state index contributed by atoms with van der Waals surface area (Å²) in [7, 11) is 0. The highest BCUT2D eigenvalue weighted by molar-refractivity contribution is 7.81. The number of nitrogens with zero attached hydrogens (tertiary/aromatic N) is 3. The molecule has 3 rings (SSSR count). The number of amidine groups is 1. The predicted octanol–water partition coefficient (Wildman–Crippen LogP) is 3.94. The SMILES string of the molecule is Cc1cc(N2C(=N)C(C)(C)N(c3ccc(O)cc3)C2=S)ccc1C#N. The number of nitriles is 1. The molecule has 1 aliphatic rings. The van der Waals surface area contributed by atoms with Crippen LogP contribution in [-0.4, -0.2) is 21.6 Å². The Morgan fingerprint density at radius 2 is 1.72 bits per heavy atom. The molecule has 0 radical (unpaired) electrons. The summed E-state index contributed by atoms with van der Waals surface area (Å²) in [5.41, 5.74) is 2.38. The van der Waals surface area contributed by atoms with Gasteiger partial charge in [0.1, 0.15) is 11.6 Å². The van der Waals surface area contributed by atoms with E-state index in [-0.39, 0.29) is 5.75 Å². The summed E-state index contributed by atoms with van der Waals surface area (Å²) in [6.45, 7) is 5.74. The van der Waals surface area contributed by atoms with Crippen molar-refractivity contribution in [3.63, 3.8) is 0 Å². The average Bonchev–Trinajstić information content (AvgIpc) is 2.74. The summed E-state index contributed by atoms with van der Waals surface area (Å²) in [6, 6.07) is 14.3. The van der Waals surface area contributed by atoms with Crippen LogP contribution in [0.1, 0.15) is 25.0 Å². The third-order valence-corrected chi connectivity index (χ3v) is 4.81. The number of hydrogen-bond acceptors (Lipinski definition) is 4. The van der Waals surface area contributed by atoms with Crippen molar-refractivity contribution in [1.82, 2.24) is 0 Å². The molecule has 0 spiro atoms. The number of rotatable bonds is 2. The van der Waals surface area contributed by atoms with Gasteiger partial charge in [0.2, 0.25) is 0 Å². The molecule has 2 N–H and O–H groups in total. The van der Waals surface area contributed by atoms with Crippen LogP contribution in [0.25, 0.3) is 0 Å². The van der Waals surface area contributed by atoms with Crippen molar-refractivity contribution >= 4 is 34.5 Å². The number of anilines is 2. The van der Waals surface area contributed by atoms with Gasteiger partial charge in [-0.2, -0.15) is 5.26 Å². The molecule has 1 saturated heterocycles. The van der Waals surface area contributed by atoms with Crippen LogP contribution < -0.4 is 9.80 Å². The van der Waals surface area contributed by atoms with Crippen LogP contribution in [0.5, 0.6) is 5.75 Å². The average molecular weight is 350 g/mol. The summed E-state index contributed by atoms with van der Waals surface area (Å²) in [4.78, 5) is 3.62. The minimum absolute atomic E-state index is 0.182. The maximum absolute atomic E-state index is 9.53. The monoisotopic (exact) mass is 350 g/mol. The molecule has 0 bridgehead atoms. The van der Waals surface area contributed by atoms with Crippen LogP contribution in [0.3, 0.4) is 0 Å². The summed E-state index contributed by atoms with van der Waals surface area (Å²) >= 11 is 5.67. The summed E-state index contributed by atoms with van der Waals surface area (Å²) in [5.74, 6) is 0.538. The van der Waals surface area contributed by atoms with Gasteiger partial charge in [0.05, 0.1) is 17.2 Å². The van der Waals surface area contributed by atoms with Gasteiger partial charge in [0.25, 0.3) is 0 Å². The van der Waals surface area contributed by atoms with Crippen LogP contribution in [0.4, 0.5) is 11.4 Å². The van der Waals surface area contributed by atoms with Crippen molar-refractivity contribution < 1.29 is 5.11 Å². The van der Waals surface area contributed by atoms with E-state index < -0.39 is 5.54 Å². The first-order valence-electron chi connectivity index (χ1n) is 7.80. The second-order valence-electron chi connectivity index (χ2n) is 6.49. The molecule has 2 aromatic carbocycles. The Bertz CT molecular complexity index is 912. The Hall–Kier alpha value is -2.91. The summed E-state index contributed by atoms with van der Waals surface area (Å²) in [6.07, 6.45) is 0. The molecule has 0 saturated carbocycles. The van der Waals surface area contributed by atoms with E-state index in [2.05, 4.69) is 6.07 Å². The van der Waals surface area contributed by atoms with Crippen LogP contribution in [-0.2, 0) is 0 Å². The van der Waals surface area contributed by atoms with Crippen LogP contribution in [0, 0.1) is 23.7 Å². The van der Waals surface area contributed by atoms with Crippen molar-refractivity contribution in [2.75, 3.05) is 9.80 Å². The fourth-order valence-electron chi connectivity index (χ4n) is 3.00. The fourth-order valence-corrected chi connectivity index (χ4v) is 3.53. The molecule has 2 aromatic rings. The molecule has 0 unspecified atom stereocenters. The van der Waals surface area contributed by atoms with E-state index in [9.17, 15) is 5.11 Å². The van der Waals surface area contributed by atoms with Gasteiger partial charge in [0.15, 0.2) is 5.11 Å². The van der Waals surface area contributed by atoms with Crippen LogP contribution >= 0.6 is 12.2 Å². The van der Waals surface area contributed by atoms with Crippen LogP contribution in [0.2, 0.25) is 0 Å². The molecule has 0 amide bonds. The third kappa shape index (κ3) is 2.63. The molecular weight excluding hydrogens is 332 g/mol. The smallest absolute Gasteiger partial charge is 0.187 e. The van der Waals surface area contributed by atoms with Gasteiger partial charge in [-0.15, -0.1) is 0 Å². The fraction of sp³-hybridized carbons (Fsp3) is 0.211. The van der Waals surface area contributed by atoms with Gasteiger partial charge in [-0.1, -0.05) is 0 Å². The summed E-state index contributed by atoms with van der Waals surface area (Å²) < 4.78 is 0. The van der Waals surface area contributed by atoms with E-state index in [1.165, 1.54) is 0 Å². The number of aryl methyl sites for hydroxylation is 1. The molecule has 126 valence electrons. The number of nitrogens with one attached hydrogen (secondary N) is 1. The normalized spacial score (nSPS) is 16.2. The first-order chi connectivity index (χ1) is 11.8. The largest absolute Gasteiger partial charge is 0.508 e. The van der Waals surface area contributed by atoms with Gasteiger partial charge in [0, 0.05) is 11.4 Å². The topological polar surface area (TPSA) is 74.3 Å². The number of phenols is 1. The Balaban J connectivity index is 2.07. The summed E-state index contributed by atoms with van der Waals surface area (Å²) in [5, 5.41) is 27.8. The molecule has 25 heavy (non-hydrogen) atoms. The van der Waals surface area contributed by atoms with Gasteiger partial charge in [-0.3, -0.25) is 10.3 Å². The standard InChI is InChI=1S/C19H18N4OS/c1-12-10-15(5-4-13(12)11-20)22-17(21)19(2,3)23(18(22)25)14-6-8-16(24)9-7-14/h4-10,21,24H,1-3H3. The van der Waals surface area contributed by atoms with Gasteiger partial charge in [-0.25, -0.2) is 0 Å². The second kappa shape index (κ2) is 5.87. The Labute approximate surface area is 152 Å². The molecule has 1 aliphatic heterocycles. The Morgan fingerprint density at radius 1 is 1.12 bits per heavy atom. The molecule has 5 nitrogen and oxygen atoms in total. The molecule has 0 aliphatic carbocycles. The van der Waals surface area contributed by atoms with E-state index >= 15 is 0 Å². The lowest BCUT2D eigenvalue weighted by molar-refractivity contribution is 0.475. The molecule has 1 heterocycles. The molecule has 6 heteroatoms. The quantitative estimate of drug-likeness (QED) is 0.803. The van der Waals surface area contributed by atoms with E-state index in [1.807, 2.05) is 37.8 Å². The third-order valence-electron chi connectivity index (χ3n) is 4.44. The van der Waals surface area contributed by atoms with Crippen molar-refractivity contribution in [3.8, 4) is 11.8 Å². The zero-order valence-electron chi connectivity index (χ0n) is 14.2. The highest BCUT2D eigenvalue weighted by Gasteiger charge is 2.47. The van der Waals surface area contributed by atoms with E-state index in [0.29, 0.717) is 16.5 Å². The number of hydrogen-bond donors (Lipinski definition) is 2. The van der Waals surface area contributed by atoms with E-state index in [1.54, 1.807) is 35.2 Å². The lowest BCUT2D eigenvalue weighted by atomic mass is 10.0. The number of aromatic hydroxyl groups is 1. The molecule has 0 aromatic heterocycles. The maximum Gasteiger partial charge on any atom is 0.187 e. The minimum Gasteiger partial charge on any atom is -0.508 e. The first-order valence-corrected chi connectivity index (χ1v) is 8.21.